The molecule has 1 fully saturated rings. The fourth-order valence-electron chi connectivity index (χ4n) is 5.53. The topological polar surface area (TPSA) is 120 Å². The summed E-state index contributed by atoms with van der Waals surface area (Å²) in [6.45, 7) is 9.36. The molecule has 0 aliphatic carbocycles. The number of benzene rings is 3. The zero-order valence-electron chi connectivity index (χ0n) is 26.9. The second-order valence-electron chi connectivity index (χ2n) is 13.0. The van der Waals surface area contributed by atoms with Crippen LogP contribution in [0.1, 0.15) is 51.7 Å². The predicted molar refractivity (Wildman–Crippen MR) is 176 cm³/mol. The Morgan fingerprint density at radius 3 is 2.38 bits per heavy atom. The molecule has 3 aromatic rings. The van der Waals surface area contributed by atoms with Crippen LogP contribution in [0.2, 0.25) is 0 Å². The molecule has 9 nitrogen and oxygen atoms in total. The van der Waals surface area contributed by atoms with Crippen molar-refractivity contribution < 1.29 is 24.2 Å². The van der Waals surface area contributed by atoms with Crippen molar-refractivity contribution in [2.75, 3.05) is 26.2 Å². The van der Waals surface area contributed by atoms with Gasteiger partial charge in [-0.05, 0) is 41.7 Å². The minimum atomic E-state index is -0.877. The molecule has 1 aliphatic rings. The van der Waals surface area contributed by atoms with E-state index in [0.717, 1.165) is 28.3 Å². The Morgan fingerprint density at radius 2 is 1.64 bits per heavy atom. The molecule has 45 heavy (non-hydrogen) atoms. The van der Waals surface area contributed by atoms with Crippen LogP contribution >= 0.6 is 0 Å². The lowest BCUT2D eigenvalue weighted by Gasteiger charge is -2.31. The van der Waals surface area contributed by atoms with Gasteiger partial charge in [-0.1, -0.05) is 93.6 Å². The minimum absolute atomic E-state index is 0.0211. The van der Waals surface area contributed by atoms with Gasteiger partial charge in [0.25, 0.3) is 0 Å². The molecular weight excluding hydrogens is 568 g/mol. The van der Waals surface area contributed by atoms with Crippen molar-refractivity contribution in [3.8, 4) is 0 Å². The quantitative estimate of drug-likeness (QED) is 0.220. The van der Waals surface area contributed by atoms with Crippen molar-refractivity contribution in [1.29, 1.82) is 0 Å². The van der Waals surface area contributed by atoms with Gasteiger partial charge in [0.2, 0.25) is 17.7 Å². The number of carbonyl (C=O) groups is 3. The normalized spacial score (nSPS) is 17.1. The molecule has 242 valence electrons. The minimum Gasteiger partial charge on any atom is -0.390 e. The lowest BCUT2D eigenvalue weighted by Crippen LogP contribution is -2.55. The highest BCUT2D eigenvalue weighted by atomic mass is 16.5. The van der Waals surface area contributed by atoms with Crippen LogP contribution in [0.25, 0.3) is 10.8 Å². The summed E-state index contributed by atoms with van der Waals surface area (Å²) in [7, 11) is 0. The van der Waals surface area contributed by atoms with Crippen molar-refractivity contribution in [3.63, 3.8) is 0 Å². The van der Waals surface area contributed by atoms with E-state index in [1.807, 2.05) is 100 Å². The number of hydrogen-bond donors (Lipinski definition) is 4. The monoisotopic (exact) mass is 616 g/mol. The van der Waals surface area contributed by atoms with Crippen molar-refractivity contribution >= 4 is 28.5 Å². The van der Waals surface area contributed by atoms with Crippen LogP contribution in [0.4, 0.5) is 0 Å². The molecule has 4 N–H and O–H groups in total. The largest absolute Gasteiger partial charge is 0.390 e. The first-order valence-corrected chi connectivity index (χ1v) is 15.9. The highest BCUT2D eigenvalue weighted by Crippen LogP contribution is 2.26. The van der Waals surface area contributed by atoms with Crippen LogP contribution in [0, 0.1) is 5.41 Å². The average molecular weight is 617 g/mol. The highest BCUT2D eigenvalue weighted by Gasteiger charge is 2.39. The number of carbonyl (C=O) groups excluding carboxylic acids is 3. The zero-order chi connectivity index (χ0) is 32.4. The number of amides is 3. The number of aliphatic hydroxyl groups is 1. The van der Waals surface area contributed by atoms with E-state index in [4.69, 9.17) is 4.74 Å². The van der Waals surface area contributed by atoms with Gasteiger partial charge < -0.3 is 30.7 Å². The number of nitrogens with one attached hydrogen (secondary N) is 3. The first kappa shape index (κ1) is 34.1. The van der Waals surface area contributed by atoms with Gasteiger partial charge in [0, 0.05) is 38.0 Å². The van der Waals surface area contributed by atoms with Crippen LogP contribution in [0.15, 0.2) is 72.8 Å². The summed E-state index contributed by atoms with van der Waals surface area (Å²) >= 11 is 0. The standard InChI is InChI=1S/C36H48N4O5/c1-25(45-24-26-11-6-5-7-12-26)21-37-22-30(41)23-38-33(42)31(20-27-16-17-28-13-8-9-14-29(28)19-27)39-34(43)32-15-10-18-40(32)35(44)36(2,3)4/h5-9,11-14,16-17,19,25,30-32,37,41H,10,15,18,20-24H2,1-4H3,(H,38,42)(H,39,43)/t25-,30?,31-,32+/m1/s1. The van der Waals surface area contributed by atoms with Crippen LogP contribution in [0.3, 0.4) is 0 Å². The Kier molecular flexibility index (Phi) is 12.1. The SMILES string of the molecule is C[C@H](CNCC(O)CNC(=O)[C@@H](Cc1ccc2ccccc2c1)NC(=O)[C@@H]1CCCN1C(=O)C(C)(C)C)OCc1ccccc1. The van der Waals surface area contributed by atoms with Crippen LogP contribution in [0.5, 0.6) is 0 Å². The van der Waals surface area contributed by atoms with Gasteiger partial charge in [0.05, 0.1) is 18.8 Å². The average Bonchev–Trinajstić information content (AvgIpc) is 3.52. The smallest absolute Gasteiger partial charge is 0.243 e. The summed E-state index contributed by atoms with van der Waals surface area (Å²) in [5.74, 6) is -0.800. The fourth-order valence-corrected chi connectivity index (χ4v) is 5.53. The number of aliphatic hydroxyl groups excluding tert-OH is 1. The highest BCUT2D eigenvalue weighted by molar-refractivity contribution is 5.93. The van der Waals surface area contributed by atoms with Gasteiger partial charge in [-0.25, -0.2) is 0 Å². The summed E-state index contributed by atoms with van der Waals surface area (Å²) in [4.78, 5) is 41.7. The van der Waals surface area contributed by atoms with E-state index in [2.05, 4.69) is 16.0 Å². The molecule has 1 unspecified atom stereocenters. The number of ether oxygens (including phenoxy) is 1. The molecule has 1 heterocycles. The molecule has 1 saturated heterocycles. The molecule has 0 aromatic heterocycles. The number of likely N-dealkylation sites (tertiary alicyclic amines) is 1. The molecule has 0 bridgehead atoms. The van der Waals surface area contributed by atoms with E-state index in [1.54, 1.807) is 4.90 Å². The molecule has 0 saturated carbocycles. The van der Waals surface area contributed by atoms with Crippen molar-refractivity contribution in [2.24, 2.45) is 5.41 Å². The molecule has 4 rings (SSSR count). The first-order chi connectivity index (χ1) is 21.5. The third kappa shape index (κ3) is 10.1. The van der Waals surface area contributed by atoms with Crippen molar-refractivity contribution in [2.45, 2.75) is 77.9 Å². The van der Waals surface area contributed by atoms with Gasteiger partial charge in [-0.15, -0.1) is 0 Å². The second-order valence-corrected chi connectivity index (χ2v) is 13.0. The van der Waals surface area contributed by atoms with Crippen LogP contribution in [-0.4, -0.2) is 78.2 Å². The molecule has 3 amide bonds. The predicted octanol–water partition coefficient (Wildman–Crippen LogP) is 3.58. The maximum Gasteiger partial charge on any atom is 0.243 e. The Labute approximate surface area is 266 Å². The first-order valence-electron chi connectivity index (χ1n) is 15.9. The number of hydrogen-bond acceptors (Lipinski definition) is 6. The van der Waals surface area contributed by atoms with E-state index < -0.39 is 23.6 Å². The van der Waals surface area contributed by atoms with Crippen molar-refractivity contribution in [1.82, 2.24) is 20.9 Å². The van der Waals surface area contributed by atoms with Gasteiger partial charge in [0.1, 0.15) is 12.1 Å². The molecule has 0 spiro atoms. The third-order valence-electron chi connectivity index (χ3n) is 8.05. The number of fused-ring (bicyclic) bond motifs is 1. The van der Waals surface area contributed by atoms with Gasteiger partial charge in [0.15, 0.2) is 0 Å². The maximum atomic E-state index is 13.5. The lowest BCUT2D eigenvalue weighted by atomic mass is 9.94. The summed E-state index contributed by atoms with van der Waals surface area (Å²) in [6, 6.07) is 22.4. The lowest BCUT2D eigenvalue weighted by molar-refractivity contribution is -0.145. The molecule has 0 radical (unpaired) electrons. The summed E-state index contributed by atoms with van der Waals surface area (Å²) in [5.41, 5.74) is 1.38. The van der Waals surface area contributed by atoms with Gasteiger partial charge in [-0.2, -0.15) is 0 Å². The van der Waals surface area contributed by atoms with E-state index in [9.17, 15) is 19.5 Å². The summed E-state index contributed by atoms with van der Waals surface area (Å²) in [5, 5.41) is 21.7. The van der Waals surface area contributed by atoms with E-state index >= 15 is 0 Å². The Bertz CT molecular complexity index is 1420. The molecule has 4 atom stereocenters. The zero-order valence-corrected chi connectivity index (χ0v) is 26.9. The van der Waals surface area contributed by atoms with E-state index in [1.165, 1.54) is 0 Å². The Hall–Kier alpha value is -3.79. The second kappa shape index (κ2) is 16.0. The van der Waals surface area contributed by atoms with Crippen LogP contribution < -0.4 is 16.0 Å². The maximum absolute atomic E-state index is 13.5. The summed E-state index contributed by atoms with van der Waals surface area (Å²) < 4.78 is 5.86. The third-order valence-corrected chi connectivity index (χ3v) is 8.05. The van der Waals surface area contributed by atoms with Gasteiger partial charge in [-0.3, -0.25) is 14.4 Å². The number of rotatable bonds is 14. The van der Waals surface area contributed by atoms with Crippen molar-refractivity contribution in [3.05, 3.63) is 83.9 Å². The molecule has 9 heteroatoms. The number of nitrogens with zero attached hydrogens (tertiary/aromatic N) is 1. The van der Waals surface area contributed by atoms with E-state index in [-0.39, 0.29) is 43.3 Å². The van der Waals surface area contributed by atoms with E-state index in [0.29, 0.717) is 26.1 Å². The Morgan fingerprint density at radius 1 is 0.933 bits per heavy atom. The van der Waals surface area contributed by atoms with Crippen LogP contribution in [-0.2, 0) is 32.1 Å². The Balaban J connectivity index is 1.34. The molecular formula is C36H48N4O5. The fraction of sp³-hybridized carbons (Fsp3) is 0.472. The molecule has 1 aliphatic heterocycles. The van der Waals surface area contributed by atoms with Gasteiger partial charge >= 0.3 is 0 Å². The molecule has 3 aromatic carbocycles. The summed E-state index contributed by atoms with van der Waals surface area (Å²) in [6.07, 6.45) is 0.662.